The number of rotatable bonds is 13. The molecule has 0 aromatic rings. The molecule has 0 heterocycles. The summed E-state index contributed by atoms with van der Waals surface area (Å²) in [6.07, 6.45) is 4.66. The second kappa shape index (κ2) is 15.8. The zero-order chi connectivity index (χ0) is 15.2. The highest BCUT2D eigenvalue weighted by Gasteiger charge is 2.20. The van der Waals surface area contributed by atoms with E-state index in [4.69, 9.17) is 14.2 Å². The summed E-state index contributed by atoms with van der Waals surface area (Å²) in [6.45, 7) is 5.55. The van der Waals surface area contributed by atoms with E-state index in [1.54, 1.807) is 14.2 Å². The van der Waals surface area contributed by atoms with Crippen LogP contribution < -0.4 is 10.6 Å². The standard InChI is InChI=1S/C15H31N3O3.HI/c1-16-15(17-7-3-9-20-12-11-19-2)18-8-4-10-21-13-14-5-6-14;/h14H,3-13H2,1-2H3,(H2,16,17,18);1H. The molecule has 0 unspecified atom stereocenters. The first-order valence-electron chi connectivity index (χ1n) is 7.95. The van der Waals surface area contributed by atoms with Crippen molar-refractivity contribution in [2.45, 2.75) is 25.7 Å². The molecule has 0 aromatic carbocycles. The van der Waals surface area contributed by atoms with E-state index < -0.39 is 0 Å². The zero-order valence-electron chi connectivity index (χ0n) is 13.9. The number of halogens is 1. The number of aliphatic imine (C=N–C) groups is 1. The van der Waals surface area contributed by atoms with Crippen LogP contribution in [0.25, 0.3) is 0 Å². The molecular weight excluding hydrogens is 397 g/mol. The van der Waals surface area contributed by atoms with Gasteiger partial charge in [0.2, 0.25) is 0 Å². The van der Waals surface area contributed by atoms with Crippen molar-refractivity contribution in [3.63, 3.8) is 0 Å². The Hall–Kier alpha value is -0.120. The molecule has 0 radical (unpaired) electrons. The lowest BCUT2D eigenvalue weighted by Gasteiger charge is -2.12. The zero-order valence-corrected chi connectivity index (χ0v) is 16.3. The monoisotopic (exact) mass is 429 g/mol. The SMILES string of the molecule is CN=C(NCCCOCCOC)NCCCOCC1CC1.I. The van der Waals surface area contributed by atoms with Crippen LogP contribution in [-0.2, 0) is 14.2 Å². The van der Waals surface area contributed by atoms with Gasteiger partial charge in [0.05, 0.1) is 13.2 Å². The van der Waals surface area contributed by atoms with E-state index in [9.17, 15) is 0 Å². The number of ether oxygens (including phenoxy) is 3. The normalized spacial score (nSPS) is 14.5. The summed E-state index contributed by atoms with van der Waals surface area (Å²) in [5, 5.41) is 6.55. The average Bonchev–Trinajstić information content (AvgIpc) is 3.31. The van der Waals surface area contributed by atoms with Crippen LogP contribution >= 0.6 is 24.0 Å². The van der Waals surface area contributed by atoms with E-state index in [0.717, 1.165) is 57.6 Å². The highest BCUT2D eigenvalue weighted by molar-refractivity contribution is 14.0. The summed E-state index contributed by atoms with van der Waals surface area (Å²) in [5.74, 6) is 1.69. The van der Waals surface area contributed by atoms with E-state index >= 15 is 0 Å². The molecule has 0 bridgehead atoms. The van der Waals surface area contributed by atoms with Crippen LogP contribution in [0.5, 0.6) is 0 Å². The van der Waals surface area contributed by atoms with Gasteiger partial charge in [-0.05, 0) is 31.6 Å². The molecule has 2 N–H and O–H groups in total. The molecule has 0 aliphatic heterocycles. The third-order valence-corrected chi connectivity index (χ3v) is 3.22. The average molecular weight is 429 g/mol. The molecule has 6 nitrogen and oxygen atoms in total. The Kier molecular flexibility index (Phi) is 15.7. The predicted octanol–water partition coefficient (Wildman–Crippen LogP) is 1.64. The van der Waals surface area contributed by atoms with Crippen LogP contribution in [-0.4, -0.2) is 66.2 Å². The lowest BCUT2D eigenvalue weighted by atomic mass is 10.4. The van der Waals surface area contributed by atoms with Gasteiger partial charge in [-0.3, -0.25) is 4.99 Å². The predicted molar refractivity (Wildman–Crippen MR) is 100 cm³/mol. The Morgan fingerprint density at radius 2 is 1.64 bits per heavy atom. The Labute approximate surface area is 151 Å². The van der Waals surface area contributed by atoms with E-state index in [-0.39, 0.29) is 24.0 Å². The van der Waals surface area contributed by atoms with Crippen molar-refractivity contribution >= 4 is 29.9 Å². The van der Waals surface area contributed by atoms with E-state index in [1.165, 1.54) is 12.8 Å². The number of methoxy groups -OCH3 is 1. The Morgan fingerprint density at radius 3 is 2.18 bits per heavy atom. The van der Waals surface area contributed by atoms with Gasteiger partial charge < -0.3 is 24.8 Å². The topological polar surface area (TPSA) is 64.1 Å². The third kappa shape index (κ3) is 13.5. The molecule has 1 rings (SSSR count). The van der Waals surface area contributed by atoms with Crippen molar-refractivity contribution in [3.8, 4) is 0 Å². The van der Waals surface area contributed by atoms with Crippen LogP contribution in [0.2, 0.25) is 0 Å². The summed E-state index contributed by atoms with van der Waals surface area (Å²) < 4.78 is 15.9. The minimum absolute atomic E-state index is 0. The van der Waals surface area contributed by atoms with Gasteiger partial charge in [-0.25, -0.2) is 0 Å². The highest BCUT2D eigenvalue weighted by atomic mass is 127. The quantitative estimate of drug-likeness (QED) is 0.202. The molecule has 1 aliphatic rings. The van der Waals surface area contributed by atoms with Crippen LogP contribution in [0.3, 0.4) is 0 Å². The highest BCUT2D eigenvalue weighted by Crippen LogP contribution is 2.28. The van der Waals surface area contributed by atoms with E-state index in [0.29, 0.717) is 13.2 Å². The fraction of sp³-hybridized carbons (Fsp3) is 0.933. The minimum Gasteiger partial charge on any atom is -0.382 e. The Morgan fingerprint density at radius 1 is 1.00 bits per heavy atom. The number of hydrogen-bond acceptors (Lipinski definition) is 4. The first-order valence-corrected chi connectivity index (χ1v) is 7.95. The molecule has 0 aromatic heterocycles. The second-order valence-electron chi connectivity index (χ2n) is 5.26. The maximum atomic E-state index is 5.59. The minimum atomic E-state index is 0. The molecule has 22 heavy (non-hydrogen) atoms. The van der Waals surface area contributed by atoms with Gasteiger partial charge in [0.1, 0.15) is 0 Å². The number of nitrogens with zero attached hydrogens (tertiary/aromatic N) is 1. The van der Waals surface area contributed by atoms with E-state index in [2.05, 4.69) is 15.6 Å². The van der Waals surface area contributed by atoms with Crippen LogP contribution in [0, 0.1) is 5.92 Å². The molecule has 0 amide bonds. The van der Waals surface area contributed by atoms with Crippen LogP contribution in [0.15, 0.2) is 4.99 Å². The number of hydrogen-bond donors (Lipinski definition) is 2. The van der Waals surface area contributed by atoms with Crippen molar-refractivity contribution in [2.24, 2.45) is 10.9 Å². The molecule has 7 heteroatoms. The fourth-order valence-electron chi connectivity index (χ4n) is 1.76. The summed E-state index contributed by atoms with van der Waals surface area (Å²) >= 11 is 0. The van der Waals surface area contributed by atoms with Crippen molar-refractivity contribution < 1.29 is 14.2 Å². The lowest BCUT2D eigenvalue weighted by Crippen LogP contribution is -2.38. The smallest absolute Gasteiger partial charge is 0.190 e. The first kappa shape index (κ1) is 21.9. The summed E-state index contributed by atoms with van der Waals surface area (Å²) in [5.41, 5.74) is 0. The Balaban J connectivity index is 0.00000441. The van der Waals surface area contributed by atoms with Gasteiger partial charge in [-0.15, -0.1) is 24.0 Å². The van der Waals surface area contributed by atoms with Gasteiger partial charge >= 0.3 is 0 Å². The lowest BCUT2D eigenvalue weighted by molar-refractivity contribution is 0.0698. The number of nitrogens with one attached hydrogen (secondary N) is 2. The second-order valence-corrected chi connectivity index (χ2v) is 5.26. The molecule has 0 spiro atoms. The third-order valence-electron chi connectivity index (χ3n) is 3.22. The molecule has 0 saturated heterocycles. The van der Waals surface area contributed by atoms with Gasteiger partial charge in [0, 0.05) is 47.1 Å². The fourth-order valence-corrected chi connectivity index (χ4v) is 1.76. The van der Waals surface area contributed by atoms with Crippen molar-refractivity contribution in [1.29, 1.82) is 0 Å². The maximum Gasteiger partial charge on any atom is 0.190 e. The molecule has 1 aliphatic carbocycles. The largest absolute Gasteiger partial charge is 0.382 e. The van der Waals surface area contributed by atoms with Gasteiger partial charge in [-0.2, -0.15) is 0 Å². The summed E-state index contributed by atoms with van der Waals surface area (Å²) in [7, 11) is 3.46. The van der Waals surface area contributed by atoms with E-state index in [1.807, 2.05) is 0 Å². The molecule has 1 saturated carbocycles. The van der Waals surface area contributed by atoms with Crippen LogP contribution in [0.4, 0.5) is 0 Å². The van der Waals surface area contributed by atoms with Gasteiger partial charge in [-0.1, -0.05) is 0 Å². The van der Waals surface area contributed by atoms with Crippen LogP contribution in [0.1, 0.15) is 25.7 Å². The van der Waals surface area contributed by atoms with Crippen molar-refractivity contribution in [1.82, 2.24) is 10.6 Å². The first-order chi connectivity index (χ1) is 10.4. The molecule has 132 valence electrons. The Bertz CT molecular complexity index is 277. The van der Waals surface area contributed by atoms with Gasteiger partial charge in [0.25, 0.3) is 0 Å². The molecular formula is C15H32IN3O3. The summed E-state index contributed by atoms with van der Waals surface area (Å²) in [4.78, 5) is 4.18. The number of guanidine groups is 1. The maximum absolute atomic E-state index is 5.59. The van der Waals surface area contributed by atoms with Crippen molar-refractivity contribution in [3.05, 3.63) is 0 Å². The van der Waals surface area contributed by atoms with Crippen molar-refractivity contribution in [2.75, 3.05) is 60.3 Å². The van der Waals surface area contributed by atoms with Gasteiger partial charge in [0.15, 0.2) is 5.96 Å². The molecule has 1 fully saturated rings. The molecule has 0 atom stereocenters. The summed E-state index contributed by atoms with van der Waals surface area (Å²) in [6, 6.07) is 0.